The summed E-state index contributed by atoms with van der Waals surface area (Å²) in [6.45, 7) is -0.141. The van der Waals surface area contributed by atoms with Crippen LogP contribution in [0.1, 0.15) is 16.2 Å². The lowest BCUT2D eigenvalue weighted by Gasteiger charge is -2.16. The van der Waals surface area contributed by atoms with Crippen LogP contribution in [0, 0.1) is 0 Å². The van der Waals surface area contributed by atoms with Crippen LogP contribution in [0.4, 0.5) is 0 Å². The van der Waals surface area contributed by atoms with Crippen molar-refractivity contribution < 1.29 is 22.5 Å². The number of ether oxygens (including phenoxy) is 1. The second-order valence-electron chi connectivity index (χ2n) is 5.77. The normalized spacial score (nSPS) is 11.6. The Balaban J connectivity index is 1.83. The molecular formula is C18H16ClN3O5S. The second-order valence-corrected chi connectivity index (χ2v) is 8.22. The van der Waals surface area contributed by atoms with Gasteiger partial charge in [-0.3, -0.25) is 0 Å². The molecule has 0 amide bonds. The van der Waals surface area contributed by atoms with Gasteiger partial charge in [-0.25, -0.2) is 13.2 Å². The molecule has 8 nitrogen and oxygen atoms in total. The van der Waals surface area contributed by atoms with E-state index in [2.05, 4.69) is 14.9 Å². The molecule has 0 saturated carbocycles. The van der Waals surface area contributed by atoms with Crippen LogP contribution in [-0.2, 0) is 21.3 Å². The minimum absolute atomic E-state index is 0.0391. The highest BCUT2D eigenvalue weighted by Gasteiger charge is 2.25. The summed E-state index contributed by atoms with van der Waals surface area (Å²) in [6, 6.07) is 13.0. The van der Waals surface area contributed by atoms with Crippen LogP contribution in [0.3, 0.4) is 0 Å². The van der Waals surface area contributed by atoms with E-state index >= 15 is 0 Å². The van der Waals surface area contributed by atoms with Gasteiger partial charge in [0.25, 0.3) is 0 Å². The van der Waals surface area contributed by atoms with Crippen LogP contribution in [0.25, 0.3) is 11.4 Å². The summed E-state index contributed by atoms with van der Waals surface area (Å²) in [5.74, 6) is -0.234. The molecule has 146 valence electrons. The maximum absolute atomic E-state index is 12.8. The summed E-state index contributed by atoms with van der Waals surface area (Å²) in [4.78, 5) is 15.9. The summed E-state index contributed by atoms with van der Waals surface area (Å²) < 4.78 is 36.5. The van der Waals surface area contributed by atoms with Crippen LogP contribution in [0.2, 0.25) is 5.02 Å². The molecular weight excluding hydrogens is 406 g/mol. The molecule has 0 aliphatic heterocycles. The summed E-state index contributed by atoms with van der Waals surface area (Å²) in [7, 11) is -1.38. The van der Waals surface area contributed by atoms with Gasteiger partial charge in [0.15, 0.2) is 0 Å². The molecule has 0 aliphatic carbocycles. The first-order chi connectivity index (χ1) is 13.3. The molecule has 0 bridgehead atoms. The number of nitrogens with zero attached hydrogens (tertiary/aromatic N) is 3. The molecule has 2 aromatic carbocycles. The summed E-state index contributed by atoms with van der Waals surface area (Å²) in [6.07, 6.45) is 0. The first kappa shape index (κ1) is 20.0. The first-order valence-electron chi connectivity index (χ1n) is 8.05. The fourth-order valence-electron chi connectivity index (χ4n) is 2.41. The van der Waals surface area contributed by atoms with E-state index in [9.17, 15) is 13.2 Å². The van der Waals surface area contributed by atoms with Crippen molar-refractivity contribution >= 4 is 27.6 Å². The average molecular weight is 422 g/mol. The highest BCUT2D eigenvalue weighted by atomic mass is 35.5. The maximum Gasteiger partial charge on any atom is 0.339 e. The van der Waals surface area contributed by atoms with Crippen molar-refractivity contribution in [2.45, 2.75) is 11.4 Å². The third-order valence-corrected chi connectivity index (χ3v) is 6.04. The van der Waals surface area contributed by atoms with Crippen molar-refractivity contribution in [3.8, 4) is 11.4 Å². The van der Waals surface area contributed by atoms with Gasteiger partial charge in [0.2, 0.25) is 21.7 Å². The van der Waals surface area contributed by atoms with Gasteiger partial charge in [0, 0.05) is 12.6 Å². The molecule has 0 radical (unpaired) electrons. The predicted octanol–water partition coefficient (Wildman–Crippen LogP) is 3.00. The number of esters is 1. The Morgan fingerprint density at radius 2 is 1.93 bits per heavy atom. The lowest BCUT2D eigenvalue weighted by molar-refractivity contribution is 0.0600. The molecule has 0 N–H and O–H groups in total. The molecule has 10 heteroatoms. The Morgan fingerprint density at radius 3 is 2.61 bits per heavy atom. The number of sulfonamides is 1. The van der Waals surface area contributed by atoms with Crippen molar-refractivity contribution in [3.05, 3.63) is 65.0 Å². The Labute approximate surface area is 166 Å². The van der Waals surface area contributed by atoms with E-state index in [-0.39, 0.29) is 27.9 Å². The topological polar surface area (TPSA) is 103 Å². The zero-order chi connectivity index (χ0) is 20.3. The van der Waals surface area contributed by atoms with Gasteiger partial charge in [-0.2, -0.15) is 9.29 Å². The smallest absolute Gasteiger partial charge is 0.339 e. The first-order valence-corrected chi connectivity index (χ1v) is 9.87. The van der Waals surface area contributed by atoms with Gasteiger partial charge in [-0.15, -0.1) is 0 Å². The minimum Gasteiger partial charge on any atom is -0.465 e. The van der Waals surface area contributed by atoms with Crippen molar-refractivity contribution in [1.82, 2.24) is 14.4 Å². The quantitative estimate of drug-likeness (QED) is 0.563. The number of hydrogen-bond acceptors (Lipinski definition) is 7. The molecule has 3 aromatic rings. The number of aromatic nitrogens is 2. The van der Waals surface area contributed by atoms with Crippen molar-refractivity contribution in [3.63, 3.8) is 0 Å². The predicted molar refractivity (Wildman–Crippen MR) is 101 cm³/mol. The van der Waals surface area contributed by atoms with Crippen molar-refractivity contribution in [1.29, 1.82) is 0 Å². The van der Waals surface area contributed by atoms with E-state index in [1.54, 1.807) is 0 Å². The van der Waals surface area contributed by atoms with Crippen LogP contribution >= 0.6 is 11.6 Å². The van der Waals surface area contributed by atoms with Crippen LogP contribution in [0.5, 0.6) is 0 Å². The number of halogens is 1. The molecule has 1 heterocycles. The molecule has 0 unspecified atom stereocenters. The van der Waals surface area contributed by atoms with Crippen LogP contribution in [-0.4, -0.2) is 43.0 Å². The highest BCUT2D eigenvalue weighted by Crippen LogP contribution is 2.24. The Hall–Kier alpha value is -2.75. The standard InChI is InChI=1S/C18H16ClN3O5S/c1-22(11-16-20-17(21-27-16)12-6-4-3-5-7-12)28(24,25)13-8-9-15(19)14(10-13)18(23)26-2/h3-10H,11H2,1-2H3. The van der Waals surface area contributed by atoms with Gasteiger partial charge < -0.3 is 9.26 Å². The molecule has 3 rings (SSSR count). The van der Waals surface area contributed by atoms with Gasteiger partial charge >= 0.3 is 5.97 Å². The van der Waals surface area contributed by atoms with E-state index in [1.165, 1.54) is 32.4 Å². The highest BCUT2D eigenvalue weighted by molar-refractivity contribution is 7.89. The molecule has 0 saturated heterocycles. The van der Waals surface area contributed by atoms with Gasteiger partial charge in [-0.05, 0) is 18.2 Å². The zero-order valence-electron chi connectivity index (χ0n) is 15.0. The molecule has 0 atom stereocenters. The Kier molecular flexibility index (Phi) is 5.78. The number of benzene rings is 2. The number of carbonyl (C=O) groups excluding carboxylic acids is 1. The Bertz CT molecular complexity index is 1100. The summed E-state index contributed by atoms with van der Waals surface area (Å²) in [5, 5.41) is 3.96. The third kappa shape index (κ3) is 4.06. The summed E-state index contributed by atoms with van der Waals surface area (Å²) >= 11 is 5.95. The fourth-order valence-corrected chi connectivity index (χ4v) is 3.75. The molecule has 28 heavy (non-hydrogen) atoms. The van der Waals surface area contributed by atoms with E-state index in [0.29, 0.717) is 5.82 Å². The van der Waals surface area contributed by atoms with Gasteiger partial charge in [0.05, 0.1) is 29.1 Å². The van der Waals surface area contributed by atoms with Gasteiger partial charge in [-0.1, -0.05) is 47.1 Å². The van der Waals surface area contributed by atoms with Crippen molar-refractivity contribution in [2.75, 3.05) is 14.2 Å². The number of carbonyl (C=O) groups is 1. The van der Waals surface area contributed by atoms with Crippen LogP contribution < -0.4 is 0 Å². The van der Waals surface area contributed by atoms with Crippen LogP contribution in [0.15, 0.2) is 57.9 Å². The minimum atomic E-state index is -3.93. The third-order valence-electron chi connectivity index (χ3n) is 3.91. The van der Waals surface area contributed by atoms with E-state index < -0.39 is 16.0 Å². The lowest BCUT2D eigenvalue weighted by atomic mass is 10.2. The molecule has 0 aliphatic rings. The second kappa shape index (κ2) is 8.09. The largest absolute Gasteiger partial charge is 0.465 e. The summed E-state index contributed by atoms with van der Waals surface area (Å²) in [5.41, 5.74) is 0.714. The van der Waals surface area contributed by atoms with E-state index in [4.69, 9.17) is 16.1 Å². The number of rotatable bonds is 6. The zero-order valence-corrected chi connectivity index (χ0v) is 16.6. The number of methoxy groups -OCH3 is 1. The monoisotopic (exact) mass is 421 g/mol. The Morgan fingerprint density at radius 1 is 1.21 bits per heavy atom. The average Bonchev–Trinajstić information content (AvgIpc) is 3.16. The van der Waals surface area contributed by atoms with E-state index in [1.807, 2.05) is 30.3 Å². The maximum atomic E-state index is 12.8. The lowest BCUT2D eigenvalue weighted by Crippen LogP contribution is -2.27. The molecule has 0 fully saturated rings. The molecule has 0 spiro atoms. The molecule has 1 aromatic heterocycles. The van der Waals surface area contributed by atoms with Crippen molar-refractivity contribution in [2.24, 2.45) is 0 Å². The SMILES string of the molecule is COC(=O)c1cc(S(=O)(=O)N(C)Cc2nc(-c3ccccc3)no2)ccc1Cl. The number of hydrogen-bond donors (Lipinski definition) is 0. The van der Waals surface area contributed by atoms with E-state index in [0.717, 1.165) is 9.87 Å². The van der Waals surface area contributed by atoms with Gasteiger partial charge in [0.1, 0.15) is 0 Å². The fraction of sp³-hybridized carbons (Fsp3) is 0.167.